The molecule has 2 fully saturated rings. The van der Waals surface area contributed by atoms with Crippen LogP contribution in [0, 0.1) is 0 Å². The largest absolute Gasteiger partial charge is 0.375 e. The van der Waals surface area contributed by atoms with Crippen LogP contribution >= 0.6 is 12.4 Å². The van der Waals surface area contributed by atoms with Crippen LogP contribution in [0.4, 0.5) is 0 Å². The van der Waals surface area contributed by atoms with E-state index in [1.54, 1.807) is 0 Å². The predicted octanol–water partition coefficient (Wildman–Crippen LogP) is 1.97. The summed E-state index contributed by atoms with van der Waals surface area (Å²) >= 11 is 0. The van der Waals surface area contributed by atoms with Gasteiger partial charge >= 0.3 is 0 Å². The first kappa shape index (κ1) is 16.7. The van der Waals surface area contributed by atoms with Crippen LogP contribution < -0.4 is 5.32 Å². The lowest BCUT2D eigenvalue weighted by Gasteiger charge is -2.30. The third-order valence-corrected chi connectivity index (χ3v) is 4.17. The van der Waals surface area contributed by atoms with E-state index in [1.165, 1.54) is 38.5 Å². The molecule has 4 nitrogen and oxygen atoms in total. The lowest BCUT2D eigenvalue weighted by Crippen LogP contribution is -2.44. The zero-order valence-corrected chi connectivity index (χ0v) is 12.7. The van der Waals surface area contributed by atoms with E-state index in [9.17, 15) is 4.79 Å². The molecule has 1 unspecified atom stereocenters. The first-order chi connectivity index (χ1) is 8.77. The summed E-state index contributed by atoms with van der Waals surface area (Å²) in [5.74, 6) is 0.246. The molecular formula is C14H27ClN2O2. The minimum absolute atomic E-state index is 0. The number of halogens is 1. The van der Waals surface area contributed by atoms with Crippen molar-refractivity contribution in [3.63, 3.8) is 0 Å². The molecule has 0 radical (unpaired) electrons. The molecule has 0 spiro atoms. The molecule has 2 aliphatic rings. The van der Waals surface area contributed by atoms with E-state index in [0.29, 0.717) is 12.5 Å². The molecule has 1 aliphatic heterocycles. The van der Waals surface area contributed by atoms with Gasteiger partial charge in [0.05, 0.1) is 19.1 Å². The molecule has 0 aromatic heterocycles. The highest BCUT2D eigenvalue weighted by Crippen LogP contribution is 2.21. The smallest absolute Gasteiger partial charge is 0.225 e. The molecule has 1 aliphatic carbocycles. The first-order valence-electron chi connectivity index (χ1n) is 7.35. The van der Waals surface area contributed by atoms with Crippen molar-refractivity contribution in [1.82, 2.24) is 10.2 Å². The molecule has 1 heterocycles. The maximum Gasteiger partial charge on any atom is 0.225 e. The second-order valence-corrected chi connectivity index (χ2v) is 5.55. The Morgan fingerprint density at radius 3 is 2.53 bits per heavy atom. The number of ether oxygens (including phenoxy) is 1. The zero-order valence-electron chi connectivity index (χ0n) is 11.9. The summed E-state index contributed by atoms with van der Waals surface area (Å²) in [6.07, 6.45) is 8.13. The number of amides is 1. The van der Waals surface area contributed by atoms with Crippen molar-refractivity contribution >= 4 is 18.3 Å². The van der Waals surface area contributed by atoms with E-state index in [0.717, 1.165) is 19.7 Å². The summed E-state index contributed by atoms with van der Waals surface area (Å²) in [7, 11) is 1.97. The molecule has 0 aromatic carbocycles. The summed E-state index contributed by atoms with van der Waals surface area (Å²) in [5.41, 5.74) is 0. The summed E-state index contributed by atoms with van der Waals surface area (Å²) in [6.45, 7) is 2.44. The maximum atomic E-state index is 12.2. The average Bonchev–Trinajstić information content (AvgIpc) is 2.68. The van der Waals surface area contributed by atoms with Crippen LogP contribution in [-0.4, -0.2) is 49.7 Å². The highest BCUT2D eigenvalue weighted by Gasteiger charge is 2.24. The van der Waals surface area contributed by atoms with Gasteiger partial charge in [0.15, 0.2) is 0 Å². The van der Waals surface area contributed by atoms with Gasteiger partial charge in [-0.15, -0.1) is 12.4 Å². The normalized spacial score (nSPS) is 25.2. The molecule has 1 N–H and O–H groups in total. The number of carbonyl (C=O) groups is 1. The molecule has 1 saturated carbocycles. The van der Waals surface area contributed by atoms with E-state index >= 15 is 0 Å². The molecule has 5 heteroatoms. The Labute approximate surface area is 122 Å². The van der Waals surface area contributed by atoms with E-state index in [1.807, 2.05) is 11.9 Å². The minimum atomic E-state index is 0. The number of nitrogens with zero attached hydrogens (tertiary/aromatic N) is 1. The van der Waals surface area contributed by atoms with Crippen molar-refractivity contribution in [2.24, 2.45) is 0 Å². The van der Waals surface area contributed by atoms with Gasteiger partial charge in [-0.05, 0) is 12.8 Å². The van der Waals surface area contributed by atoms with Crippen LogP contribution in [0.1, 0.15) is 44.9 Å². The van der Waals surface area contributed by atoms with Gasteiger partial charge in [-0.2, -0.15) is 0 Å². The van der Waals surface area contributed by atoms with Crippen LogP contribution in [0.25, 0.3) is 0 Å². The number of hydrogen-bond donors (Lipinski definition) is 1. The summed E-state index contributed by atoms with van der Waals surface area (Å²) in [5, 5.41) is 3.27. The standard InChI is InChI=1S/C14H26N2O2.ClH/c1-16(12-6-4-2-3-5-7-12)14(17)10-13-11-15-8-9-18-13;/h12-13,15H,2-11H2,1H3;1H. The number of carbonyl (C=O) groups excluding carboxylic acids is 1. The number of hydrogen-bond acceptors (Lipinski definition) is 3. The second kappa shape index (κ2) is 8.77. The van der Waals surface area contributed by atoms with Gasteiger partial charge in [0.1, 0.15) is 0 Å². The monoisotopic (exact) mass is 290 g/mol. The molecule has 0 bridgehead atoms. The Morgan fingerprint density at radius 2 is 1.95 bits per heavy atom. The van der Waals surface area contributed by atoms with E-state index in [-0.39, 0.29) is 24.4 Å². The number of nitrogens with one attached hydrogen (secondary N) is 1. The fraction of sp³-hybridized carbons (Fsp3) is 0.929. The molecule has 2 rings (SSSR count). The van der Waals surface area contributed by atoms with Crippen molar-refractivity contribution in [2.75, 3.05) is 26.7 Å². The second-order valence-electron chi connectivity index (χ2n) is 5.55. The molecule has 1 atom stereocenters. The van der Waals surface area contributed by atoms with Crippen LogP contribution in [0.5, 0.6) is 0 Å². The fourth-order valence-corrected chi connectivity index (χ4v) is 2.94. The van der Waals surface area contributed by atoms with Crippen LogP contribution in [0.3, 0.4) is 0 Å². The SMILES string of the molecule is CN(C(=O)CC1CNCCO1)C1CCCCCC1.Cl. The van der Waals surface area contributed by atoms with Gasteiger partial charge in [0.2, 0.25) is 5.91 Å². The topological polar surface area (TPSA) is 41.6 Å². The van der Waals surface area contributed by atoms with E-state index in [4.69, 9.17) is 4.74 Å². The van der Waals surface area contributed by atoms with E-state index in [2.05, 4.69) is 5.32 Å². The van der Waals surface area contributed by atoms with Gasteiger partial charge in [0, 0.05) is 26.2 Å². The predicted molar refractivity (Wildman–Crippen MR) is 78.7 cm³/mol. The zero-order chi connectivity index (χ0) is 12.8. The lowest BCUT2D eigenvalue weighted by atomic mass is 10.1. The van der Waals surface area contributed by atoms with Gasteiger partial charge in [-0.25, -0.2) is 0 Å². The molecule has 1 saturated heterocycles. The van der Waals surface area contributed by atoms with Crippen molar-refractivity contribution < 1.29 is 9.53 Å². The quantitative estimate of drug-likeness (QED) is 0.808. The molecular weight excluding hydrogens is 264 g/mol. The van der Waals surface area contributed by atoms with Crippen LogP contribution in [0.15, 0.2) is 0 Å². The Hall–Kier alpha value is -0.320. The summed E-state index contributed by atoms with van der Waals surface area (Å²) in [6, 6.07) is 0.455. The van der Waals surface area contributed by atoms with Crippen molar-refractivity contribution in [3.05, 3.63) is 0 Å². The Kier molecular flexibility index (Phi) is 7.73. The van der Waals surface area contributed by atoms with E-state index < -0.39 is 0 Å². The highest BCUT2D eigenvalue weighted by atomic mass is 35.5. The lowest BCUT2D eigenvalue weighted by molar-refractivity contribution is -0.135. The molecule has 1 amide bonds. The summed E-state index contributed by atoms with van der Waals surface area (Å²) in [4.78, 5) is 14.2. The number of rotatable bonds is 3. The first-order valence-corrected chi connectivity index (χ1v) is 7.35. The maximum absolute atomic E-state index is 12.2. The van der Waals surface area contributed by atoms with Gasteiger partial charge in [-0.3, -0.25) is 4.79 Å². The minimum Gasteiger partial charge on any atom is -0.375 e. The fourth-order valence-electron chi connectivity index (χ4n) is 2.94. The summed E-state index contributed by atoms with van der Waals surface area (Å²) < 4.78 is 5.60. The Morgan fingerprint density at radius 1 is 1.26 bits per heavy atom. The van der Waals surface area contributed by atoms with Crippen LogP contribution in [-0.2, 0) is 9.53 Å². The van der Waals surface area contributed by atoms with Gasteiger partial charge in [-0.1, -0.05) is 25.7 Å². The van der Waals surface area contributed by atoms with Crippen molar-refractivity contribution in [3.8, 4) is 0 Å². The highest BCUT2D eigenvalue weighted by molar-refractivity contribution is 5.85. The third-order valence-electron chi connectivity index (χ3n) is 4.17. The Balaban J connectivity index is 0.00000180. The van der Waals surface area contributed by atoms with Gasteiger partial charge < -0.3 is 15.0 Å². The van der Waals surface area contributed by atoms with Crippen LogP contribution in [0.2, 0.25) is 0 Å². The molecule has 0 aromatic rings. The average molecular weight is 291 g/mol. The van der Waals surface area contributed by atoms with Crippen molar-refractivity contribution in [2.45, 2.75) is 57.1 Å². The third kappa shape index (κ3) is 5.28. The number of morpholine rings is 1. The van der Waals surface area contributed by atoms with Gasteiger partial charge in [0.25, 0.3) is 0 Å². The Bertz CT molecular complexity index is 262. The molecule has 19 heavy (non-hydrogen) atoms. The molecule has 112 valence electrons. The van der Waals surface area contributed by atoms with Crippen molar-refractivity contribution in [1.29, 1.82) is 0 Å².